The van der Waals surface area contributed by atoms with Gasteiger partial charge in [-0.3, -0.25) is 0 Å². The average Bonchev–Trinajstić information content (AvgIpc) is 2.40. The summed E-state index contributed by atoms with van der Waals surface area (Å²) in [7, 11) is 0. The molecule has 0 saturated heterocycles. The molecule has 0 aliphatic heterocycles. The van der Waals surface area contributed by atoms with E-state index in [0.29, 0.717) is 5.41 Å². The first kappa shape index (κ1) is 14.6. The Hall–Kier alpha value is -0.480. The van der Waals surface area contributed by atoms with Gasteiger partial charge in [0.2, 0.25) is 0 Å². The molecule has 1 saturated carbocycles. The molecule has 1 heteroatoms. The van der Waals surface area contributed by atoms with Gasteiger partial charge in [0.15, 0.2) is 0 Å². The molecular weight excluding hydrogens is 208 g/mol. The molecule has 0 bridgehead atoms. The highest BCUT2D eigenvalue weighted by molar-refractivity contribution is 4.89. The first-order valence-electron chi connectivity index (χ1n) is 7.03. The quantitative estimate of drug-likeness (QED) is 0.443. The molecule has 17 heavy (non-hydrogen) atoms. The molecule has 0 radical (unpaired) electrons. The third-order valence-electron chi connectivity index (χ3n) is 4.34. The molecule has 2 atom stereocenters. The fraction of sp³-hybridized carbons (Fsp3) is 0.875. The minimum absolute atomic E-state index is 0.379. The maximum absolute atomic E-state index is 10.6. The third-order valence-corrected chi connectivity index (χ3v) is 4.34. The molecule has 1 fully saturated rings. The minimum atomic E-state index is -0.434. The van der Waals surface area contributed by atoms with Crippen molar-refractivity contribution in [3.63, 3.8) is 0 Å². The standard InChI is InChI=1S/C16H28O/c1-5-6-7-11-16(17)12-8-9-14(10-13-16)15(2,3)4/h1,14,17H,6-13H2,2-4H3. The Morgan fingerprint density at radius 3 is 2.59 bits per heavy atom. The van der Waals surface area contributed by atoms with Gasteiger partial charge in [-0.1, -0.05) is 27.2 Å². The number of hydrogen-bond acceptors (Lipinski definition) is 1. The van der Waals surface area contributed by atoms with E-state index in [1.165, 1.54) is 6.42 Å². The van der Waals surface area contributed by atoms with Crippen LogP contribution in [0, 0.1) is 23.7 Å². The summed E-state index contributed by atoms with van der Waals surface area (Å²) in [6.45, 7) is 6.96. The topological polar surface area (TPSA) is 20.2 Å². The Morgan fingerprint density at radius 1 is 1.29 bits per heavy atom. The number of unbranched alkanes of at least 4 members (excludes halogenated alkanes) is 1. The van der Waals surface area contributed by atoms with Gasteiger partial charge in [-0.25, -0.2) is 0 Å². The lowest BCUT2D eigenvalue weighted by atomic mass is 9.76. The monoisotopic (exact) mass is 236 g/mol. The molecule has 1 aliphatic rings. The second kappa shape index (κ2) is 5.91. The SMILES string of the molecule is C#CCCCC1(O)CCCC(C(C)(C)C)CC1. The van der Waals surface area contributed by atoms with Crippen molar-refractivity contribution < 1.29 is 5.11 Å². The van der Waals surface area contributed by atoms with Gasteiger partial charge in [-0.05, 0) is 49.9 Å². The van der Waals surface area contributed by atoms with E-state index in [9.17, 15) is 5.11 Å². The van der Waals surface area contributed by atoms with Crippen LogP contribution in [0.1, 0.15) is 72.1 Å². The first-order chi connectivity index (χ1) is 7.87. The second-order valence-corrected chi connectivity index (χ2v) is 6.78. The van der Waals surface area contributed by atoms with Crippen molar-refractivity contribution in [3.8, 4) is 12.3 Å². The van der Waals surface area contributed by atoms with E-state index in [1.54, 1.807) is 0 Å². The van der Waals surface area contributed by atoms with E-state index in [2.05, 4.69) is 26.7 Å². The largest absolute Gasteiger partial charge is 0.390 e. The predicted molar refractivity (Wildman–Crippen MR) is 73.7 cm³/mol. The molecule has 0 spiro atoms. The van der Waals surface area contributed by atoms with Gasteiger partial charge < -0.3 is 5.11 Å². The second-order valence-electron chi connectivity index (χ2n) is 6.78. The van der Waals surface area contributed by atoms with Gasteiger partial charge >= 0.3 is 0 Å². The van der Waals surface area contributed by atoms with Crippen molar-refractivity contribution in [3.05, 3.63) is 0 Å². The minimum Gasteiger partial charge on any atom is -0.390 e. The highest BCUT2D eigenvalue weighted by atomic mass is 16.3. The Morgan fingerprint density at radius 2 is 2.00 bits per heavy atom. The van der Waals surface area contributed by atoms with Gasteiger partial charge in [0, 0.05) is 6.42 Å². The van der Waals surface area contributed by atoms with Crippen LogP contribution in [0.3, 0.4) is 0 Å². The summed E-state index contributed by atoms with van der Waals surface area (Å²) in [5.74, 6) is 3.42. The maximum atomic E-state index is 10.6. The van der Waals surface area contributed by atoms with Gasteiger partial charge in [0.05, 0.1) is 5.60 Å². The van der Waals surface area contributed by atoms with Crippen molar-refractivity contribution in [2.45, 2.75) is 77.7 Å². The first-order valence-corrected chi connectivity index (χ1v) is 7.03. The molecule has 0 heterocycles. The van der Waals surface area contributed by atoms with Crippen LogP contribution in [0.15, 0.2) is 0 Å². The van der Waals surface area contributed by atoms with Gasteiger partial charge in [0.1, 0.15) is 0 Å². The molecular formula is C16H28O. The molecule has 1 nitrogen and oxygen atoms in total. The lowest BCUT2D eigenvalue weighted by Crippen LogP contribution is -2.28. The fourth-order valence-corrected chi connectivity index (χ4v) is 3.03. The average molecular weight is 236 g/mol. The van der Waals surface area contributed by atoms with Crippen molar-refractivity contribution in [1.82, 2.24) is 0 Å². The van der Waals surface area contributed by atoms with Crippen LogP contribution in [-0.4, -0.2) is 10.7 Å². The van der Waals surface area contributed by atoms with Crippen molar-refractivity contribution in [2.24, 2.45) is 11.3 Å². The smallest absolute Gasteiger partial charge is 0.0648 e. The lowest BCUT2D eigenvalue weighted by Gasteiger charge is -2.31. The maximum Gasteiger partial charge on any atom is 0.0648 e. The molecule has 98 valence electrons. The van der Waals surface area contributed by atoms with Crippen molar-refractivity contribution in [1.29, 1.82) is 0 Å². The molecule has 1 rings (SSSR count). The summed E-state index contributed by atoms with van der Waals surface area (Å²) in [6, 6.07) is 0. The molecule has 1 N–H and O–H groups in total. The van der Waals surface area contributed by atoms with Crippen LogP contribution in [-0.2, 0) is 0 Å². The summed E-state index contributed by atoms with van der Waals surface area (Å²) in [5.41, 5.74) is -0.0546. The Kier molecular flexibility index (Phi) is 5.07. The normalized spacial score (nSPS) is 30.6. The zero-order valence-corrected chi connectivity index (χ0v) is 11.8. The highest BCUT2D eigenvalue weighted by Crippen LogP contribution is 2.41. The van der Waals surface area contributed by atoms with Crippen molar-refractivity contribution in [2.75, 3.05) is 0 Å². The number of aliphatic hydroxyl groups is 1. The summed E-state index contributed by atoms with van der Waals surface area (Å²) in [5, 5.41) is 10.6. The van der Waals surface area contributed by atoms with Crippen LogP contribution < -0.4 is 0 Å². The molecule has 0 aromatic rings. The Labute approximate surface area is 107 Å². The van der Waals surface area contributed by atoms with Gasteiger partial charge in [-0.2, -0.15) is 0 Å². The van der Waals surface area contributed by atoms with Crippen LogP contribution in [0.2, 0.25) is 0 Å². The highest BCUT2D eigenvalue weighted by Gasteiger charge is 2.34. The van der Waals surface area contributed by atoms with E-state index in [-0.39, 0.29) is 0 Å². The predicted octanol–water partition coefficient (Wildman–Crippen LogP) is 4.15. The van der Waals surface area contributed by atoms with E-state index in [0.717, 1.165) is 50.9 Å². The molecule has 1 aliphatic carbocycles. The van der Waals surface area contributed by atoms with Crippen LogP contribution in [0.5, 0.6) is 0 Å². The van der Waals surface area contributed by atoms with Crippen LogP contribution in [0.25, 0.3) is 0 Å². The fourth-order valence-electron chi connectivity index (χ4n) is 3.03. The third kappa shape index (κ3) is 4.72. The Bertz CT molecular complexity index is 268. The van der Waals surface area contributed by atoms with E-state index in [4.69, 9.17) is 6.42 Å². The summed E-state index contributed by atoms with van der Waals surface area (Å²) in [6.07, 6.45) is 13.4. The summed E-state index contributed by atoms with van der Waals surface area (Å²) >= 11 is 0. The molecule has 2 unspecified atom stereocenters. The summed E-state index contributed by atoms with van der Waals surface area (Å²) < 4.78 is 0. The molecule has 0 aromatic heterocycles. The molecule has 0 aromatic carbocycles. The van der Waals surface area contributed by atoms with Gasteiger partial charge in [-0.15, -0.1) is 12.3 Å². The van der Waals surface area contributed by atoms with E-state index < -0.39 is 5.60 Å². The summed E-state index contributed by atoms with van der Waals surface area (Å²) in [4.78, 5) is 0. The van der Waals surface area contributed by atoms with Crippen molar-refractivity contribution >= 4 is 0 Å². The van der Waals surface area contributed by atoms with E-state index >= 15 is 0 Å². The Balaban J connectivity index is 2.49. The number of rotatable bonds is 3. The van der Waals surface area contributed by atoms with Gasteiger partial charge in [0.25, 0.3) is 0 Å². The molecule has 0 amide bonds. The lowest BCUT2D eigenvalue weighted by molar-refractivity contribution is 0.0125. The van der Waals surface area contributed by atoms with Crippen LogP contribution in [0.4, 0.5) is 0 Å². The van der Waals surface area contributed by atoms with E-state index in [1.807, 2.05) is 0 Å². The van der Waals surface area contributed by atoms with Crippen LogP contribution >= 0.6 is 0 Å². The zero-order valence-electron chi connectivity index (χ0n) is 11.8. The number of hydrogen-bond donors (Lipinski definition) is 1. The number of terminal acetylenes is 1. The zero-order chi connectivity index (χ0) is 12.9.